The molecule has 1 fully saturated rings. The van der Waals surface area contributed by atoms with Gasteiger partial charge in [-0.2, -0.15) is 5.26 Å². The van der Waals surface area contributed by atoms with Crippen LogP contribution in [-0.2, 0) is 9.53 Å². The normalized spacial score (nSPS) is 19.3. The third kappa shape index (κ3) is 2.96. The van der Waals surface area contributed by atoms with Crippen LogP contribution in [0.2, 0.25) is 0 Å². The Labute approximate surface area is 104 Å². The fraction of sp³-hybridized carbons (Fsp3) is 0.417. The summed E-state index contributed by atoms with van der Waals surface area (Å²) in [6, 6.07) is 5.47. The number of carbonyl (C=O) groups is 1. The molecule has 0 aliphatic carbocycles. The molecule has 1 N–H and O–H groups in total. The van der Waals surface area contributed by atoms with Crippen molar-refractivity contribution in [3.63, 3.8) is 0 Å². The number of ether oxygens (including phenoxy) is 1. The Morgan fingerprint density at radius 1 is 1.67 bits per heavy atom. The van der Waals surface area contributed by atoms with Crippen LogP contribution in [0.1, 0.15) is 12.0 Å². The van der Waals surface area contributed by atoms with Crippen molar-refractivity contribution in [3.8, 4) is 6.07 Å². The molecule has 1 aliphatic heterocycles. The molecule has 1 unspecified atom stereocenters. The lowest BCUT2D eigenvalue weighted by Gasteiger charge is -2.33. The van der Waals surface area contributed by atoms with E-state index in [1.165, 1.54) is 6.20 Å². The van der Waals surface area contributed by atoms with E-state index in [9.17, 15) is 4.79 Å². The number of carboxylic acid groups (broad SMARTS) is 1. The van der Waals surface area contributed by atoms with Crippen molar-refractivity contribution in [2.45, 2.75) is 12.5 Å². The molecule has 18 heavy (non-hydrogen) atoms. The largest absolute Gasteiger partial charge is 0.481 e. The predicted molar refractivity (Wildman–Crippen MR) is 63.2 cm³/mol. The zero-order valence-corrected chi connectivity index (χ0v) is 9.74. The van der Waals surface area contributed by atoms with Crippen LogP contribution in [0.4, 0.5) is 5.82 Å². The van der Waals surface area contributed by atoms with Gasteiger partial charge in [0.05, 0.1) is 24.7 Å². The quantitative estimate of drug-likeness (QED) is 0.843. The second-order valence-electron chi connectivity index (χ2n) is 4.05. The molecule has 1 atom stereocenters. The standard InChI is InChI=1S/C12H13N3O3/c13-6-9-1-2-11(14-7-9)15-3-4-18-10(8-15)5-12(16)17/h1-2,7,10H,3-5,8H2,(H,16,17). The van der Waals surface area contributed by atoms with Crippen molar-refractivity contribution < 1.29 is 14.6 Å². The number of morpholine rings is 1. The van der Waals surface area contributed by atoms with Gasteiger partial charge >= 0.3 is 5.97 Å². The Morgan fingerprint density at radius 2 is 2.50 bits per heavy atom. The van der Waals surface area contributed by atoms with Crippen molar-refractivity contribution in [2.24, 2.45) is 0 Å². The fourth-order valence-corrected chi connectivity index (χ4v) is 1.88. The summed E-state index contributed by atoms with van der Waals surface area (Å²) in [6.07, 6.45) is 1.19. The average Bonchev–Trinajstić information content (AvgIpc) is 2.38. The summed E-state index contributed by atoms with van der Waals surface area (Å²) in [5.74, 6) is -0.123. The van der Waals surface area contributed by atoms with Gasteiger partial charge in [-0.05, 0) is 12.1 Å². The minimum absolute atomic E-state index is 0.00716. The molecule has 0 radical (unpaired) electrons. The van der Waals surface area contributed by atoms with Crippen molar-refractivity contribution in [3.05, 3.63) is 23.9 Å². The summed E-state index contributed by atoms with van der Waals surface area (Å²) in [7, 11) is 0. The second-order valence-corrected chi connectivity index (χ2v) is 4.05. The number of nitrogens with zero attached hydrogens (tertiary/aromatic N) is 3. The lowest BCUT2D eigenvalue weighted by atomic mass is 10.2. The van der Waals surface area contributed by atoms with Gasteiger partial charge in [0.15, 0.2) is 0 Å². The molecule has 1 aromatic rings. The highest BCUT2D eigenvalue weighted by Gasteiger charge is 2.23. The van der Waals surface area contributed by atoms with Crippen molar-refractivity contribution in [1.29, 1.82) is 5.26 Å². The van der Waals surface area contributed by atoms with Gasteiger partial charge in [0, 0.05) is 19.3 Å². The lowest BCUT2D eigenvalue weighted by Crippen LogP contribution is -2.43. The maximum atomic E-state index is 10.6. The monoisotopic (exact) mass is 247 g/mol. The van der Waals surface area contributed by atoms with Crippen LogP contribution in [0.15, 0.2) is 18.3 Å². The van der Waals surface area contributed by atoms with Crippen LogP contribution in [0.3, 0.4) is 0 Å². The zero-order chi connectivity index (χ0) is 13.0. The van der Waals surface area contributed by atoms with Gasteiger partial charge in [-0.25, -0.2) is 4.98 Å². The van der Waals surface area contributed by atoms with E-state index in [0.717, 1.165) is 5.82 Å². The summed E-state index contributed by atoms with van der Waals surface area (Å²) >= 11 is 0. The van der Waals surface area contributed by atoms with Crippen molar-refractivity contribution in [1.82, 2.24) is 4.98 Å². The highest BCUT2D eigenvalue weighted by atomic mass is 16.5. The summed E-state index contributed by atoms with van der Waals surface area (Å²) < 4.78 is 5.38. The first-order chi connectivity index (χ1) is 8.69. The summed E-state index contributed by atoms with van der Waals surface area (Å²) in [6.45, 7) is 1.67. The molecular weight excluding hydrogens is 234 g/mol. The van der Waals surface area contributed by atoms with Crippen molar-refractivity contribution >= 4 is 11.8 Å². The maximum Gasteiger partial charge on any atom is 0.306 e. The number of nitriles is 1. The van der Waals surface area contributed by atoms with E-state index in [4.69, 9.17) is 15.1 Å². The molecule has 0 spiro atoms. The number of hydrogen-bond donors (Lipinski definition) is 1. The van der Waals surface area contributed by atoms with E-state index < -0.39 is 5.97 Å². The number of aromatic nitrogens is 1. The van der Waals surface area contributed by atoms with E-state index in [0.29, 0.717) is 25.3 Å². The number of carboxylic acids is 1. The van der Waals surface area contributed by atoms with E-state index >= 15 is 0 Å². The third-order valence-electron chi connectivity index (χ3n) is 2.74. The minimum atomic E-state index is -0.866. The van der Waals surface area contributed by atoms with Crippen LogP contribution in [-0.4, -0.2) is 41.9 Å². The van der Waals surface area contributed by atoms with Gasteiger partial charge in [-0.15, -0.1) is 0 Å². The molecule has 0 bridgehead atoms. The van der Waals surface area contributed by atoms with E-state index in [1.54, 1.807) is 12.1 Å². The molecule has 1 aromatic heterocycles. The maximum absolute atomic E-state index is 10.6. The number of anilines is 1. The Balaban J connectivity index is 2.03. The second kappa shape index (κ2) is 5.47. The number of hydrogen-bond acceptors (Lipinski definition) is 5. The SMILES string of the molecule is N#Cc1ccc(N2CCOC(CC(=O)O)C2)nc1. The first-order valence-electron chi connectivity index (χ1n) is 5.63. The van der Waals surface area contributed by atoms with Crippen LogP contribution < -0.4 is 4.90 Å². The van der Waals surface area contributed by atoms with Gasteiger partial charge in [-0.3, -0.25) is 4.79 Å². The van der Waals surface area contributed by atoms with Gasteiger partial charge in [-0.1, -0.05) is 0 Å². The molecule has 1 saturated heterocycles. The first-order valence-corrected chi connectivity index (χ1v) is 5.63. The Kier molecular flexibility index (Phi) is 3.75. The van der Waals surface area contributed by atoms with Crippen molar-refractivity contribution in [2.75, 3.05) is 24.6 Å². The van der Waals surface area contributed by atoms with Crippen LogP contribution in [0.5, 0.6) is 0 Å². The van der Waals surface area contributed by atoms with Gasteiger partial charge < -0.3 is 14.7 Å². The number of pyridine rings is 1. The van der Waals surface area contributed by atoms with Crippen LogP contribution >= 0.6 is 0 Å². The molecule has 6 nitrogen and oxygen atoms in total. The Morgan fingerprint density at radius 3 is 3.11 bits per heavy atom. The summed E-state index contributed by atoms with van der Waals surface area (Å²) in [4.78, 5) is 16.8. The zero-order valence-electron chi connectivity index (χ0n) is 9.74. The number of aliphatic carboxylic acids is 1. The third-order valence-corrected chi connectivity index (χ3v) is 2.74. The van der Waals surface area contributed by atoms with E-state index in [1.807, 2.05) is 11.0 Å². The van der Waals surface area contributed by atoms with E-state index in [2.05, 4.69) is 4.98 Å². The summed E-state index contributed by atoms with van der Waals surface area (Å²) in [5, 5.41) is 17.4. The molecule has 94 valence electrons. The van der Waals surface area contributed by atoms with Crippen LogP contribution in [0.25, 0.3) is 0 Å². The van der Waals surface area contributed by atoms with Gasteiger partial charge in [0.1, 0.15) is 11.9 Å². The predicted octanol–water partition coefficient (Wildman–Crippen LogP) is 0.633. The first kappa shape index (κ1) is 12.3. The molecule has 0 amide bonds. The fourth-order valence-electron chi connectivity index (χ4n) is 1.88. The van der Waals surface area contributed by atoms with Gasteiger partial charge in [0.2, 0.25) is 0 Å². The van der Waals surface area contributed by atoms with E-state index in [-0.39, 0.29) is 12.5 Å². The Bertz CT molecular complexity index is 466. The molecule has 1 aliphatic rings. The topological polar surface area (TPSA) is 86.5 Å². The lowest BCUT2D eigenvalue weighted by molar-refractivity contribution is -0.140. The number of rotatable bonds is 3. The molecular formula is C12H13N3O3. The molecule has 6 heteroatoms. The highest BCUT2D eigenvalue weighted by Crippen LogP contribution is 2.16. The van der Waals surface area contributed by atoms with Crippen LogP contribution in [0, 0.1) is 11.3 Å². The minimum Gasteiger partial charge on any atom is -0.481 e. The average molecular weight is 247 g/mol. The smallest absolute Gasteiger partial charge is 0.306 e. The Hall–Kier alpha value is -2.13. The summed E-state index contributed by atoms with van der Waals surface area (Å²) in [5.41, 5.74) is 0.508. The molecule has 0 saturated carbocycles. The molecule has 2 rings (SSSR count). The van der Waals surface area contributed by atoms with Gasteiger partial charge in [0.25, 0.3) is 0 Å². The molecule has 2 heterocycles. The molecule has 0 aromatic carbocycles. The highest BCUT2D eigenvalue weighted by molar-refractivity contribution is 5.67.